The molecule has 0 bridgehead atoms. The number of anilines is 2. The lowest BCUT2D eigenvalue weighted by Gasteiger charge is -2.12. The normalized spacial score (nSPS) is 9.96. The molecule has 0 fully saturated rings. The van der Waals surface area contributed by atoms with Crippen molar-refractivity contribution in [2.75, 3.05) is 38.0 Å². The van der Waals surface area contributed by atoms with E-state index in [2.05, 4.69) is 10.6 Å². The van der Waals surface area contributed by atoms with Crippen LogP contribution in [-0.2, 0) is 4.79 Å². The molecular weight excluding hydrogens is 308 g/mol. The van der Waals surface area contributed by atoms with Gasteiger partial charge in [0.2, 0.25) is 5.91 Å². The van der Waals surface area contributed by atoms with Gasteiger partial charge < -0.3 is 24.8 Å². The highest BCUT2D eigenvalue weighted by Gasteiger charge is 2.09. The van der Waals surface area contributed by atoms with E-state index in [-0.39, 0.29) is 12.5 Å². The van der Waals surface area contributed by atoms with Crippen molar-refractivity contribution in [2.24, 2.45) is 0 Å². The molecular formula is C18H22N2O4. The Bertz CT molecular complexity index is 671. The standard InChI is InChI=1S/C18H22N2O4/c1-4-24-14-7-5-13(6-8-14)19-12-18(21)20-16-11-15(22-2)9-10-17(16)23-3/h5-11,19H,4,12H2,1-3H3,(H,20,21). The molecule has 1 amide bonds. The fourth-order valence-electron chi connectivity index (χ4n) is 2.12. The zero-order chi connectivity index (χ0) is 17.4. The first-order valence-corrected chi connectivity index (χ1v) is 7.65. The lowest BCUT2D eigenvalue weighted by Crippen LogP contribution is -2.22. The molecule has 6 nitrogen and oxygen atoms in total. The summed E-state index contributed by atoms with van der Waals surface area (Å²) in [7, 11) is 3.12. The maximum atomic E-state index is 12.1. The van der Waals surface area contributed by atoms with Crippen molar-refractivity contribution in [3.63, 3.8) is 0 Å². The van der Waals surface area contributed by atoms with Crippen LogP contribution in [0.4, 0.5) is 11.4 Å². The Morgan fingerprint density at radius 1 is 1.00 bits per heavy atom. The Morgan fingerprint density at radius 2 is 1.71 bits per heavy atom. The van der Waals surface area contributed by atoms with Crippen LogP contribution >= 0.6 is 0 Å². The molecule has 0 aliphatic rings. The van der Waals surface area contributed by atoms with Crippen LogP contribution in [0.15, 0.2) is 42.5 Å². The topological polar surface area (TPSA) is 68.8 Å². The minimum atomic E-state index is -0.185. The Balaban J connectivity index is 1.93. The summed E-state index contributed by atoms with van der Waals surface area (Å²) in [6.07, 6.45) is 0. The molecule has 0 spiro atoms. The quantitative estimate of drug-likeness (QED) is 0.778. The van der Waals surface area contributed by atoms with E-state index in [1.165, 1.54) is 0 Å². The van der Waals surface area contributed by atoms with Gasteiger partial charge in [-0.05, 0) is 43.3 Å². The zero-order valence-electron chi connectivity index (χ0n) is 14.1. The first kappa shape index (κ1) is 17.5. The van der Waals surface area contributed by atoms with Gasteiger partial charge in [0.25, 0.3) is 0 Å². The molecule has 0 saturated heterocycles. The van der Waals surface area contributed by atoms with Crippen molar-refractivity contribution < 1.29 is 19.0 Å². The lowest BCUT2D eigenvalue weighted by atomic mass is 10.2. The molecule has 2 aromatic carbocycles. The van der Waals surface area contributed by atoms with Gasteiger partial charge >= 0.3 is 0 Å². The number of carbonyl (C=O) groups excluding carboxylic acids is 1. The lowest BCUT2D eigenvalue weighted by molar-refractivity contribution is -0.114. The van der Waals surface area contributed by atoms with E-state index in [0.29, 0.717) is 23.8 Å². The van der Waals surface area contributed by atoms with Gasteiger partial charge in [0.1, 0.15) is 17.2 Å². The maximum absolute atomic E-state index is 12.1. The number of rotatable bonds is 8. The third-order valence-electron chi connectivity index (χ3n) is 3.30. The molecule has 0 aliphatic carbocycles. The highest BCUT2D eigenvalue weighted by atomic mass is 16.5. The van der Waals surface area contributed by atoms with Gasteiger partial charge in [0.15, 0.2) is 0 Å². The van der Waals surface area contributed by atoms with E-state index in [4.69, 9.17) is 14.2 Å². The van der Waals surface area contributed by atoms with Crippen molar-refractivity contribution in [1.82, 2.24) is 0 Å². The van der Waals surface area contributed by atoms with Crippen molar-refractivity contribution in [3.05, 3.63) is 42.5 Å². The van der Waals surface area contributed by atoms with Gasteiger partial charge in [0.05, 0.1) is 33.1 Å². The molecule has 0 saturated carbocycles. The second kappa shape index (κ2) is 8.67. The predicted octanol–water partition coefficient (Wildman–Crippen LogP) is 3.15. The maximum Gasteiger partial charge on any atom is 0.243 e. The summed E-state index contributed by atoms with van der Waals surface area (Å²) < 4.78 is 15.8. The second-order valence-corrected chi connectivity index (χ2v) is 4.93. The van der Waals surface area contributed by atoms with E-state index in [1.54, 1.807) is 32.4 Å². The summed E-state index contributed by atoms with van der Waals surface area (Å²) in [6, 6.07) is 12.7. The van der Waals surface area contributed by atoms with Gasteiger partial charge in [0, 0.05) is 11.8 Å². The van der Waals surface area contributed by atoms with Crippen molar-refractivity contribution in [1.29, 1.82) is 0 Å². The monoisotopic (exact) mass is 330 g/mol. The molecule has 2 aromatic rings. The summed E-state index contributed by atoms with van der Waals surface area (Å²) in [6.45, 7) is 2.69. The summed E-state index contributed by atoms with van der Waals surface area (Å²) >= 11 is 0. The molecule has 0 atom stereocenters. The fraction of sp³-hybridized carbons (Fsp3) is 0.278. The molecule has 0 aromatic heterocycles. The minimum absolute atomic E-state index is 0.133. The summed E-state index contributed by atoms with van der Waals surface area (Å²) in [5.41, 5.74) is 1.40. The average Bonchev–Trinajstić information content (AvgIpc) is 2.61. The summed E-state index contributed by atoms with van der Waals surface area (Å²) in [5, 5.41) is 5.87. The van der Waals surface area contributed by atoms with Crippen LogP contribution in [0, 0.1) is 0 Å². The third kappa shape index (κ3) is 4.81. The number of methoxy groups -OCH3 is 2. The van der Waals surface area contributed by atoms with Gasteiger partial charge in [-0.2, -0.15) is 0 Å². The summed E-state index contributed by atoms with van der Waals surface area (Å²) in [4.78, 5) is 12.1. The molecule has 6 heteroatoms. The molecule has 0 heterocycles. The number of nitrogens with one attached hydrogen (secondary N) is 2. The number of hydrogen-bond acceptors (Lipinski definition) is 5. The number of hydrogen-bond donors (Lipinski definition) is 2. The Kier molecular flexibility index (Phi) is 6.31. The zero-order valence-corrected chi connectivity index (χ0v) is 14.1. The van der Waals surface area contributed by atoms with Crippen LogP contribution in [-0.4, -0.2) is 33.3 Å². The largest absolute Gasteiger partial charge is 0.497 e. The highest BCUT2D eigenvalue weighted by molar-refractivity contribution is 5.95. The SMILES string of the molecule is CCOc1ccc(NCC(=O)Nc2cc(OC)ccc2OC)cc1. The van der Waals surface area contributed by atoms with Gasteiger partial charge in [-0.15, -0.1) is 0 Å². The number of ether oxygens (including phenoxy) is 3. The van der Waals surface area contributed by atoms with Crippen LogP contribution in [0.5, 0.6) is 17.2 Å². The minimum Gasteiger partial charge on any atom is -0.497 e. The Morgan fingerprint density at radius 3 is 2.33 bits per heavy atom. The number of amides is 1. The van der Waals surface area contributed by atoms with Gasteiger partial charge in [-0.25, -0.2) is 0 Å². The van der Waals surface area contributed by atoms with Crippen molar-refractivity contribution in [2.45, 2.75) is 6.92 Å². The van der Waals surface area contributed by atoms with Gasteiger partial charge in [-0.3, -0.25) is 4.79 Å². The highest BCUT2D eigenvalue weighted by Crippen LogP contribution is 2.28. The van der Waals surface area contributed by atoms with Crippen LogP contribution in [0.2, 0.25) is 0 Å². The molecule has 24 heavy (non-hydrogen) atoms. The Labute approximate surface area is 141 Å². The van der Waals surface area contributed by atoms with E-state index in [1.807, 2.05) is 31.2 Å². The van der Waals surface area contributed by atoms with Crippen LogP contribution < -0.4 is 24.8 Å². The predicted molar refractivity (Wildman–Crippen MR) is 94.3 cm³/mol. The van der Waals surface area contributed by atoms with Gasteiger partial charge in [-0.1, -0.05) is 0 Å². The van der Waals surface area contributed by atoms with E-state index < -0.39 is 0 Å². The summed E-state index contributed by atoms with van der Waals surface area (Å²) in [5.74, 6) is 1.83. The molecule has 0 radical (unpaired) electrons. The fourth-order valence-corrected chi connectivity index (χ4v) is 2.12. The van der Waals surface area contributed by atoms with E-state index in [9.17, 15) is 4.79 Å². The Hall–Kier alpha value is -2.89. The molecule has 0 unspecified atom stereocenters. The third-order valence-corrected chi connectivity index (χ3v) is 3.30. The molecule has 128 valence electrons. The van der Waals surface area contributed by atoms with E-state index in [0.717, 1.165) is 11.4 Å². The van der Waals surface area contributed by atoms with E-state index >= 15 is 0 Å². The number of carbonyl (C=O) groups is 1. The van der Waals surface area contributed by atoms with Crippen LogP contribution in [0.1, 0.15) is 6.92 Å². The first-order chi connectivity index (χ1) is 11.7. The molecule has 0 aliphatic heterocycles. The average molecular weight is 330 g/mol. The van der Waals surface area contributed by atoms with Crippen LogP contribution in [0.25, 0.3) is 0 Å². The second-order valence-electron chi connectivity index (χ2n) is 4.93. The smallest absolute Gasteiger partial charge is 0.243 e. The van der Waals surface area contributed by atoms with Crippen molar-refractivity contribution >= 4 is 17.3 Å². The number of benzene rings is 2. The molecule has 2 N–H and O–H groups in total. The molecule has 2 rings (SSSR count). The first-order valence-electron chi connectivity index (χ1n) is 7.65. The van der Waals surface area contributed by atoms with Crippen molar-refractivity contribution in [3.8, 4) is 17.2 Å². The van der Waals surface area contributed by atoms with Crippen LogP contribution in [0.3, 0.4) is 0 Å².